The molecular formula is C20H19BrN2O. The number of aromatic nitrogens is 2. The van der Waals surface area contributed by atoms with E-state index < -0.39 is 0 Å². The maximum Gasteiger partial charge on any atom is 0.167 e. The summed E-state index contributed by atoms with van der Waals surface area (Å²) in [4.78, 5) is 12.7. The standard InChI is InChI=1S/C20H19BrN2O/c1-12-17-16(24)11-20(2,3)19(21)18(17)23(22-12)15-9-8-13-6-4-5-7-14(13)10-15/h4-10,19H,11H2,1-3H3. The lowest BCUT2D eigenvalue weighted by Crippen LogP contribution is -2.30. The molecule has 1 atom stereocenters. The van der Waals surface area contributed by atoms with E-state index in [0.29, 0.717) is 6.42 Å². The second-order valence-corrected chi connectivity index (χ2v) is 8.16. The molecule has 0 amide bonds. The van der Waals surface area contributed by atoms with Gasteiger partial charge >= 0.3 is 0 Å². The number of nitrogens with zero attached hydrogens (tertiary/aromatic N) is 2. The van der Waals surface area contributed by atoms with Crippen LogP contribution in [0.4, 0.5) is 0 Å². The number of alkyl halides is 1. The van der Waals surface area contributed by atoms with Gasteiger partial charge in [0.05, 0.1) is 27.5 Å². The average Bonchev–Trinajstić information content (AvgIpc) is 2.90. The Labute approximate surface area is 149 Å². The second-order valence-electron chi connectivity index (χ2n) is 7.24. The van der Waals surface area contributed by atoms with Crippen LogP contribution >= 0.6 is 15.9 Å². The maximum atomic E-state index is 12.7. The lowest BCUT2D eigenvalue weighted by molar-refractivity contribution is 0.0909. The van der Waals surface area contributed by atoms with Gasteiger partial charge in [0.25, 0.3) is 0 Å². The summed E-state index contributed by atoms with van der Waals surface area (Å²) in [6.45, 7) is 6.17. The molecule has 4 rings (SSSR count). The van der Waals surface area contributed by atoms with Crippen LogP contribution in [-0.2, 0) is 0 Å². The molecule has 1 heterocycles. The topological polar surface area (TPSA) is 34.9 Å². The van der Waals surface area contributed by atoms with Gasteiger partial charge in [-0.15, -0.1) is 0 Å². The number of carbonyl (C=O) groups is 1. The number of rotatable bonds is 1. The molecule has 0 fully saturated rings. The van der Waals surface area contributed by atoms with Crippen LogP contribution in [0.3, 0.4) is 0 Å². The summed E-state index contributed by atoms with van der Waals surface area (Å²) in [5, 5.41) is 7.07. The molecule has 1 aromatic heterocycles. The third kappa shape index (κ3) is 2.24. The van der Waals surface area contributed by atoms with Crippen molar-refractivity contribution in [3.05, 3.63) is 59.4 Å². The van der Waals surface area contributed by atoms with Crippen LogP contribution in [-0.4, -0.2) is 15.6 Å². The minimum absolute atomic E-state index is 0.0883. The smallest absolute Gasteiger partial charge is 0.167 e. The Balaban J connectivity index is 1.96. The molecule has 0 radical (unpaired) electrons. The Hall–Kier alpha value is -1.94. The second kappa shape index (κ2) is 5.28. The first kappa shape index (κ1) is 15.6. The first-order valence-electron chi connectivity index (χ1n) is 8.14. The van der Waals surface area contributed by atoms with Crippen LogP contribution in [0.15, 0.2) is 42.5 Å². The van der Waals surface area contributed by atoms with E-state index in [-0.39, 0.29) is 16.0 Å². The van der Waals surface area contributed by atoms with Gasteiger partial charge in [-0.25, -0.2) is 4.68 Å². The summed E-state index contributed by atoms with van der Waals surface area (Å²) in [6, 6.07) is 14.6. The summed E-state index contributed by atoms with van der Waals surface area (Å²) in [7, 11) is 0. The van der Waals surface area contributed by atoms with Gasteiger partial charge in [-0.1, -0.05) is 60.1 Å². The minimum atomic E-state index is -0.134. The van der Waals surface area contributed by atoms with E-state index in [4.69, 9.17) is 5.10 Å². The molecule has 122 valence electrons. The zero-order valence-corrected chi connectivity index (χ0v) is 15.6. The largest absolute Gasteiger partial charge is 0.294 e. The fraction of sp³-hybridized carbons (Fsp3) is 0.300. The molecule has 1 aliphatic rings. The van der Waals surface area contributed by atoms with E-state index in [1.165, 1.54) is 10.8 Å². The number of halogens is 1. The van der Waals surface area contributed by atoms with Crippen molar-refractivity contribution in [3.63, 3.8) is 0 Å². The number of aryl methyl sites for hydroxylation is 1. The highest BCUT2D eigenvalue weighted by Gasteiger charge is 2.42. The van der Waals surface area contributed by atoms with Crippen LogP contribution in [0, 0.1) is 12.3 Å². The van der Waals surface area contributed by atoms with Crippen LogP contribution in [0.25, 0.3) is 16.5 Å². The Bertz CT molecular complexity index is 971. The van der Waals surface area contributed by atoms with E-state index in [0.717, 1.165) is 22.6 Å². The highest BCUT2D eigenvalue weighted by molar-refractivity contribution is 9.09. The summed E-state index contributed by atoms with van der Waals surface area (Å²) >= 11 is 3.83. The van der Waals surface area contributed by atoms with Gasteiger partial charge < -0.3 is 0 Å². The number of hydrogen-bond acceptors (Lipinski definition) is 2. The van der Waals surface area contributed by atoms with Crippen molar-refractivity contribution in [1.82, 2.24) is 9.78 Å². The predicted octanol–water partition coefficient (Wildman–Crippen LogP) is 5.38. The number of Topliss-reactive ketones (excluding diaryl/α,β-unsaturated/α-hetero) is 1. The molecular weight excluding hydrogens is 364 g/mol. The number of fused-ring (bicyclic) bond motifs is 2. The van der Waals surface area contributed by atoms with Gasteiger partial charge in [-0.05, 0) is 35.2 Å². The summed E-state index contributed by atoms with van der Waals surface area (Å²) < 4.78 is 1.94. The summed E-state index contributed by atoms with van der Waals surface area (Å²) in [5.41, 5.74) is 3.43. The number of ketones is 1. The molecule has 1 unspecified atom stereocenters. The van der Waals surface area contributed by atoms with Gasteiger partial charge in [0.2, 0.25) is 0 Å². The molecule has 24 heavy (non-hydrogen) atoms. The molecule has 0 bridgehead atoms. The lowest BCUT2D eigenvalue weighted by Gasteiger charge is -2.34. The quantitative estimate of drug-likeness (QED) is 0.529. The lowest BCUT2D eigenvalue weighted by atomic mass is 9.75. The molecule has 3 aromatic rings. The highest BCUT2D eigenvalue weighted by Crippen LogP contribution is 2.49. The van der Waals surface area contributed by atoms with E-state index >= 15 is 0 Å². The molecule has 2 aromatic carbocycles. The number of carbonyl (C=O) groups excluding carboxylic acids is 1. The summed E-state index contributed by atoms with van der Waals surface area (Å²) in [6.07, 6.45) is 0.542. The zero-order chi connectivity index (χ0) is 17.1. The normalized spacial score (nSPS) is 19.5. The molecule has 0 saturated heterocycles. The van der Waals surface area contributed by atoms with Crippen molar-refractivity contribution in [2.24, 2.45) is 5.41 Å². The number of hydrogen-bond donors (Lipinski definition) is 0. The van der Waals surface area contributed by atoms with E-state index in [1.54, 1.807) is 0 Å². The fourth-order valence-corrected chi connectivity index (χ4v) is 4.18. The predicted molar refractivity (Wildman–Crippen MR) is 100 cm³/mol. The Kier molecular flexibility index (Phi) is 3.43. The Morgan fingerprint density at radius 3 is 2.62 bits per heavy atom. The molecule has 0 saturated carbocycles. The van der Waals surface area contributed by atoms with Gasteiger partial charge in [-0.3, -0.25) is 4.79 Å². The molecule has 0 aliphatic heterocycles. The Morgan fingerprint density at radius 2 is 1.88 bits per heavy atom. The van der Waals surface area contributed by atoms with Crippen molar-refractivity contribution in [2.75, 3.05) is 0 Å². The zero-order valence-electron chi connectivity index (χ0n) is 14.0. The molecule has 4 heteroatoms. The van der Waals surface area contributed by atoms with Gasteiger partial charge in [-0.2, -0.15) is 5.10 Å². The van der Waals surface area contributed by atoms with E-state index in [2.05, 4.69) is 60.1 Å². The monoisotopic (exact) mass is 382 g/mol. The SMILES string of the molecule is Cc1nn(-c2ccc3ccccc3c2)c2c1C(=O)CC(C)(C)C2Br. The highest BCUT2D eigenvalue weighted by atomic mass is 79.9. The minimum Gasteiger partial charge on any atom is -0.294 e. The van der Waals surface area contributed by atoms with E-state index in [1.807, 2.05) is 23.7 Å². The van der Waals surface area contributed by atoms with Crippen molar-refractivity contribution in [3.8, 4) is 5.69 Å². The van der Waals surface area contributed by atoms with Gasteiger partial charge in [0.1, 0.15) is 0 Å². The Morgan fingerprint density at radius 1 is 1.17 bits per heavy atom. The summed E-state index contributed by atoms with van der Waals surface area (Å²) in [5.74, 6) is 0.190. The van der Waals surface area contributed by atoms with Crippen LogP contribution in [0.2, 0.25) is 0 Å². The van der Waals surface area contributed by atoms with Crippen molar-refractivity contribution >= 4 is 32.5 Å². The molecule has 0 N–H and O–H groups in total. The van der Waals surface area contributed by atoms with Gasteiger partial charge in [0.15, 0.2) is 5.78 Å². The van der Waals surface area contributed by atoms with Crippen LogP contribution < -0.4 is 0 Å². The average molecular weight is 383 g/mol. The fourth-order valence-electron chi connectivity index (χ4n) is 3.59. The van der Waals surface area contributed by atoms with E-state index in [9.17, 15) is 4.79 Å². The first-order valence-corrected chi connectivity index (χ1v) is 9.06. The molecule has 1 aliphatic carbocycles. The van der Waals surface area contributed by atoms with Crippen molar-refractivity contribution < 1.29 is 4.79 Å². The third-order valence-electron chi connectivity index (χ3n) is 4.89. The van der Waals surface area contributed by atoms with Gasteiger partial charge in [0, 0.05) is 6.42 Å². The number of benzene rings is 2. The molecule has 3 nitrogen and oxygen atoms in total. The third-order valence-corrected chi connectivity index (χ3v) is 6.57. The first-order chi connectivity index (χ1) is 11.4. The maximum absolute atomic E-state index is 12.7. The van der Waals surface area contributed by atoms with Crippen LogP contribution in [0.5, 0.6) is 0 Å². The van der Waals surface area contributed by atoms with Crippen molar-refractivity contribution in [2.45, 2.75) is 32.0 Å². The van der Waals surface area contributed by atoms with Crippen LogP contribution in [0.1, 0.15) is 46.8 Å². The van der Waals surface area contributed by atoms with Crippen molar-refractivity contribution in [1.29, 1.82) is 0 Å². The molecule has 0 spiro atoms.